The molecule has 0 amide bonds. The fourth-order valence-electron chi connectivity index (χ4n) is 1.72. The molecular formula is C12H19N3O2S. The molecule has 2 heterocycles. The summed E-state index contributed by atoms with van der Waals surface area (Å²) < 4.78 is 10.6. The fraction of sp³-hybridized carbons (Fsp3) is 0.667. The quantitative estimate of drug-likeness (QED) is 0.887. The van der Waals surface area contributed by atoms with Crippen molar-refractivity contribution in [1.29, 1.82) is 0 Å². The van der Waals surface area contributed by atoms with Crippen molar-refractivity contribution < 1.29 is 9.15 Å². The van der Waals surface area contributed by atoms with Crippen molar-refractivity contribution in [3.63, 3.8) is 0 Å². The first-order chi connectivity index (χ1) is 8.69. The van der Waals surface area contributed by atoms with Gasteiger partial charge in [0.1, 0.15) is 11.8 Å². The number of ether oxygens (including phenoxy) is 1. The molecule has 0 fully saturated rings. The molecule has 18 heavy (non-hydrogen) atoms. The van der Waals surface area contributed by atoms with Crippen LogP contribution in [0.3, 0.4) is 0 Å². The van der Waals surface area contributed by atoms with Crippen molar-refractivity contribution in [2.24, 2.45) is 4.99 Å². The molecule has 2 atom stereocenters. The molecule has 6 heteroatoms. The third-order valence-electron chi connectivity index (χ3n) is 2.72. The maximum Gasteiger partial charge on any atom is 0.216 e. The minimum absolute atomic E-state index is 0.0473. The van der Waals surface area contributed by atoms with Crippen LogP contribution < -0.4 is 5.32 Å². The van der Waals surface area contributed by atoms with Gasteiger partial charge in [0.05, 0.1) is 12.2 Å². The number of aromatic nitrogens is 1. The summed E-state index contributed by atoms with van der Waals surface area (Å²) in [6, 6.07) is 0.405. The second kappa shape index (κ2) is 6.24. The average Bonchev–Trinajstić information content (AvgIpc) is 2.96. The minimum Gasteiger partial charge on any atom is -0.444 e. The molecule has 2 rings (SSSR count). The summed E-state index contributed by atoms with van der Waals surface area (Å²) in [5.74, 6) is 2.55. The number of nitrogens with zero attached hydrogens (tertiary/aromatic N) is 2. The van der Waals surface area contributed by atoms with Crippen LogP contribution in [0.1, 0.15) is 31.0 Å². The van der Waals surface area contributed by atoms with E-state index in [0.717, 1.165) is 29.7 Å². The summed E-state index contributed by atoms with van der Waals surface area (Å²) >= 11 is 1.74. The van der Waals surface area contributed by atoms with Gasteiger partial charge < -0.3 is 14.5 Å². The van der Waals surface area contributed by atoms with Gasteiger partial charge in [-0.15, -0.1) is 0 Å². The van der Waals surface area contributed by atoms with Gasteiger partial charge in [-0.25, -0.2) is 4.98 Å². The number of methoxy groups -OCH3 is 1. The van der Waals surface area contributed by atoms with Gasteiger partial charge in [-0.2, -0.15) is 0 Å². The minimum atomic E-state index is 0.0473. The molecule has 0 saturated carbocycles. The van der Waals surface area contributed by atoms with Gasteiger partial charge in [-0.1, -0.05) is 11.8 Å². The van der Waals surface area contributed by atoms with Gasteiger partial charge in [-0.05, 0) is 20.3 Å². The monoisotopic (exact) mass is 269 g/mol. The Morgan fingerprint density at radius 2 is 2.50 bits per heavy atom. The van der Waals surface area contributed by atoms with Crippen LogP contribution in [-0.4, -0.2) is 35.7 Å². The van der Waals surface area contributed by atoms with Crippen molar-refractivity contribution in [1.82, 2.24) is 10.3 Å². The van der Waals surface area contributed by atoms with Gasteiger partial charge >= 0.3 is 0 Å². The summed E-state index contributed by atoms with van der Waals surface area (Å²) in [6.45, 7) is 4.68. The molecule has 5 nitrogen and oxygen atoms in total. The molecule has 1 aromatic rings. The standard InChI is InChI=1S/C12H19N3O2S/c1-8-6-13-11(17-8)9(2)14-12-15-10(7-18-12)4-5-16-3/h6,9-10H,4-5,7H2,1-3H3,(H,14,15). The predicted octanol–water partition coefficient (Wildman–Crippen LogP) is 2.14. The largest absolute Gasteiger partial charge is 0.444 e. The van der Waals surface area contributed by atoms with E-state index in [4.69, 9.17) is 9.15 Å². The Bertz CT molecular complexity index is 419. The van der Waals surface area contributed by atoms with Crippen molar-refractivity contribution in [3.05, 3.63) is 17.8 Å². The molecule has 0 spiro atoms. The molecular weight excluding hydrogens is 250 g/mol. The molecule has 0 aliphatic carbocycles. The average molecular weight is 269 g/mol. The van der Waals surface area contributed by atoms with E-state index >= 15 is 0 Å². The van der Waals surface area contributed by atoms with Gasteiger partial charge in [0, 0.05) is 19.5 Å². The highest BCUT2D eigenvalue weighted by atomic mass is 32.2. The van der Waals surface area contributed by atoms with E-state index in [1.165, 1.54) is 0 Å². The first-order valence-corrected chi connectivity index (χ1v) is 7.06. The van der Waals surface area contributed by atoms with Crippen LogP contribution in [0.2, 0.25) is 0 Å². The van der Waals surface area contributed by atoms with E-state index in [2.05, 4.69) is 15.3 Å². The van der Waals surface area contributed by atoms with E-state index in [1.807, 2.05) is 13.8 Å². The topological polar surface area (TPSA) is 59.6 Å². The van der Waals surface area contributed by atoms with Crippen molar-refractivity contribution >= 4 is 16.9 Å². The maximum atomic E-state index is 5.49. The normalized spacial score (nSPS) is 20.8. The number of aryl methyl sites for hydroxylation is 1. The molecule has 0 bridgehead atoms. The molecule has 0 saturated heterocycles. The van der Waals surface area contributed by atoms with Crippen LogP contribution >= 0.6 is 11.8 Å². The zero-order valence-corrected chi connectivity index (χ0v) is 11.8. The number of nitrogens with one attached hydrogen (secondary N) is 1. The number of aliphatic imine (C=N–C) groups is 1. The molecule has 0 aromatic carbocycles. The maximum absolute atomic E-state index is 5.49. The molecule has 1 aliphatic heterocycles. The molecule has 0 radical (unpaired) electrons. The Labute approximate surface area is 111 Å². The summed E-state index contributed by atoms with van der Waals surface area (Å²) in [4.78, 5) is 8.83. The summed E-state index contributed by atoms with van der Waals surface area (Å²) in [6.07, 6.45) is 2.71. The van der Waals surface area contributed by atoms with Crippen molar-refractivity contribution in [2.75, 3.05) is 19.5 Å². The van der Waals surface area contributed by atoms with Crippen molar-refractivity contribution in [2.45, 2.75) is 32.4 Å². The molecule has 1 aromatic heterocycles. The third-order valence-corrected chi connectivity index (χ3v) is 3.77. The Balaban J connectivity index is 1.86. The number of thioether (sulfide) groups is 1. The highest BCUT2D eigenvalue weighted by Gasteiger charge is 2.21. The second-order valence-corrected chi connectivity index (χ2v) is 5.36. The number of hydrogen-bond acceptors (Lipinski definition) is 6. The second-order valence-electron chi connectivity index (χ2n) is 4.36. The van der Waals surface area contributed by atoms with E-state index in [0.29, 0.717) is 11.9 Å². The SMILES string of the molecule is COCCC1CSC(NC(C)c2ncc(C)o2)=N1. The van der Waals surface area contributed by atoms with Crippen LogP contribution in [0.15, 0.2) is 15.6 Å². The summed E-state index contributed by atoms with van der Waals surface area (Å²) in [7, 11) is 1.72. The van der Waals surface area contributed by atoms with Crippen molar-refractivity contribution in [3.8, 4) is 0 Å². The Morgan fingerprint density at radius 1 is 1.67 bits per heavy atom. The highest BCUT2D eigenvalue weighted by Crippen LogP contribution is 2.21. The Morgan fingerprint density at radius 3 is 3.17 bits per heavy atom. The zero-order chi connectivity index (χ0) is 13.0. The lowest BCUT2D eigenvalue weighted by Crippen LogP contribution is -2.23. The number of oxazole rings is 1. The van der Waals surface area contributed by atoms with Gasteiger partial charge in [0.25, 0.3) is 0 Å². The summed E-state index contributed by atoms with van der Waals surface area (Å²) in [5, 5.41) is 4.30. The van der Waals surface area contributed by atoms with Crippen LogP contribution in [0, 0.1) is 6.92 Å². The number of amidine groups is 1. The summed E-state index contributed by atoms with van der Waals surface area (Å²) in [5.41, 5.74) is 0. The highest BCUT2D eigenvalue weighted by molar-refractivity contribution is 8.14. The van der Waals surface area contributed by atoms with E-state index in [9.17, 15) is 0 Å². The van der Waals surface area contributed by atoms with Crippen LogP contribution in [0.4, 0.5) is 0 Å². The lowest BCUT2D eigenvalue weighted by atomic mass is 10.2. The van der Waals surface area contributed by atoms with E-state index in [-0.39, 0.29) is 6.04 Å². The third kappa shape index (κ3) is 3.49. The smallest absolute Gasteiger partial charge is 0.216 e. The van der Waals surface area contributed by atoms with E-state index < -0.39 is 0 Å². The van der Waals surface area contributed by atoms with E-state index in [1.54, 1.807) is 25.1 Å². The predicted molar refractivity (Wildman–Crippen MR) is 73.0 cm³/mol. The van der Waals surface area contributed by atoms with Gasteiger partial charge in [0.2, 0.25) is 5.89 Å². The molecule has 100 valence electrons. The molecule has 1 aliphatic rings. The van der Waals surface area contributed by atoms with Crippen LogP contribution in [0.25, 0.3) is 0 Å². The van der Waals surface area contributed by atoms with Gasteiger partial charge in [-0.3, -0.25) is 4.99 Å². The Kier molecular flexibility index (Phi) is 4.66. The Hall–Kier alpha value is -1.01. The zero-order valence-electron chi connectivity index (χ0n) is 11.0. The number of rotatable bonds is 5. The van der Waals surface area contributed by atoms with Crippen LogP contribution in [-0.2, 0) is 4.74 Å². The first-order valence-electron chi connectivity index (χ1n) is 6.07. The number of hydrogen-bond donors (Lipinski definition) is 1. The van der Waals surface area contributed by atoms with Crippen LogP contribution in [0.5, 0.6) is 0 Å². The lowest BCUT2D eigenvalue weighted by molar-refractivity contribution is 0.190. The first kappa shape index (κ1) is 13.4. The van der Waals surface area contributed by atoms with Gasteiger partial charge in [0.15, 0.2) is 5.17 Å². The fourth-order valence-corrected chi connectivity index (χ4v) is 2.79. The molecule has 2 unspecified atom stereocenters. The molecule has 1 N–H and O–H groups in total. The lowest BCUT2D eigenvalue weighted by Gasteiger charge is -2.10.